The Balaban J connectivity index is 1.34. The molecule has 0 fully saturated rings. The van der Waals surface area contributed by atoms with Gasteiger partial charge in [-0.3, -0.25) is 4.79 Å². The van der Waals surface area contributed by atoms with Gasteiger partial charge in [0, 0.05) is 33.5 Å². The molecule has 4 aromatic rings. The first-order valence-electron chi connectivity index (χ1n) is 10.7. The number of hydrogen-bond acceptors (Lipinski definition) is 4. The van der Waals surface area contributed by atoms with Crippen LogP contribution in [-0.2, 0) is 11.3 Å². The molecule has 0 saturated carbocycles. The van der Waals surface area contributed by atoms with E-state index in [4.69, 9.17) is 16.3 Å². The maximum atomic E-state index is 14.5. The fourth-order valence-electron chi connectivity index (χ4n) is 3.91. The third kappa shape index (κ3) is 4.65. The van der Waals surface area contributed by atoms with Crippen LogP contribution in [0.25, 0.3) is 10.9 Å². The SMILES string of the molecule is COc1ccc(F)c(CN2C(=O)CSc3cc(NC(=O)Nc4ccc5cc[nH]c5c4)ccc32)c1Cl. The Labute approximate surface area is 209 Å². The first-order valence-corrected chi connectivity index (χ1v) is 12.0. The monoisotopic (exact) mass is 510 g/mol. The number of fused-ring (bicyclic) bond motifs is 2. The molecule has 7 nitrogen and oxygen atoms in total. The summed E-state index contributed by atoms with van der Waals surface area (Å²) in [5.74, 6) is -0.167. The number of amides is 3. The molecule has 178 valence electrons. The first-order chi connectivity index (χ1) is 16.9. The van der Waals surface area contributed by atoms with Gasteiger partial charge in [0.25, 0.3) is 0 Å². The number of benzene rings is 3. The molecule has 0 aliphatic carbocycles. The summed E-state index contributed by atoms with van der Waals surface area (Å²) in [6.07, 6.45) is 1.84. The van der Waals surface area contributed by atoms with Gasteiger partial charge < -0.3 is 25.3 Å². The summed E-state index contributed by atoms with van der Waals surface area (Å²) in [4.78, 5) is 30.6. The zero-order valence-corrected chi connectivity index (χ0v) is 20.1. The van der Waals surface area contributed by atoms with Crippen molar-refractivity contribution in [2.24, 2.45) is 0 Å². The van der Waals surface area contributed by atoms with Gasteiger partial charge in [-0.05, 0) is 53.9 Å². The third-order valence-electron chi connectivity index (χ3n) is 5.66. The number of ether oxygens (including phenoxy) is 1. The molecule has 2 heterocycles. The van der Waals surface area contributed by atoms with Gasteiger partial charge in [0.05, 0.1) is 30.1 Å². The maximum absolute atomic E-state index is 14.5. The molecular formula is C25H20ClFN4O3S. The highest BCUT2D eigenvalue weighted by molar-refractivity contribution is 8.00. The summed E-state index contributed by atoms with van der Waals surface area (Å²) in [6, 6.07) is 15.1. The molecule has 0 atom stereocenters. The van der Waals surface area contributed by atoms with Crippen molar-refractivity contribution < 1.29 is 18.7 Å². The average molecular weight is 511 g/mol. The molecular weight excluding hydrogens is 491 g/mol. The van der Waals surface area contributed by atoms with Crippen molar-refractivity contribution in [3.8, 4) is 5.75 Å². The second-order valence-electron chi connectivity index (χ2n) is 7.85. The lowest BCUT2D eigenvalue weighted by molar-refractivity contribution is -0.116. The minimum Gasteiger partial charge on any atom is -0.495 e. The number of urea groups is 1. The van der Waals surface area contributed by atoms with Crippen molar-refractivity contribution in [3.05, 3.63) is 77.2 Å². The number of anilines is 3. The number of carbonyl (C=O) groups is 2. The summed E-state index contributed by atoms with van der Waals surface area (Å²) < 4.78 is 19.7. The van der Waals surface area contributed by atoms with Gasteiger partial charge in [-0.15, -0.1) is 11.8 Å². The molecule has 35 heavy (non-hydrogen) atoms. The van der Waals surface area contributed by atoms with E-state index in [1.54, 1.807) is 18.2 Å². The van der Waals surface area contributed by atoms with Gasteiger partial charge in [-0.1, -0.05) is 17.7 Å². The van der Waals surface area contributed by atoms with Crippen LogP contribution in [0, 0.1) is 5.82 Å². The molecule has 0 radical (unpaired) electrons. The number of H-pyrrole nitrogens is 1. The van der Waals surface area contributed by atoms with E-state index in [1.807, 2.05) is 30.5 Å². The third-order valence-corrected chi connectivity index (χ3v) is 7.10. The van der Waals surface area contributed by atoms with E-state index in [9.17, 15) is 14.0 Å². The number of halogens is 2. The van der Waals surface area contributed by atoms with Gasteiger partial charge >= 0.3 is 6.03 Å². The molecule has 1 aliphatic rings. The van der Waals surface area contributed by atoms with E-state index >= 15 is 0 Å². The van der Waals surface area contributed by atoms with Gasteiger partial charge in [0.15, 0.2) is 0 Å². The van der Waals surface area contributed by atoms with Crippen LogP contribution in [0.2, 0.25) is 5.02 Å². The summed E-state index contributed by atoms with van der Waals surface area (Å²) >= 11 is 7.67. The van der Waals surface area contributed by atoms with Gasteiger partial charge in [-0.2, -0.15) is 0 Å². The van der Waals surface area contributed by atoms with Crippen molar-refractivity contribution in [2.75, 3.05) is 28.4 Å². The zero-order valence-electron chi connectivity index (χ0n) is 18.5. The van der Waals surface area contributed by atoms with E-state index < -0.39 is 11.8 Å². The molecule has 0 bridgehead atoms. The van der Waals surface area contributed by atoms with Gasteiger partial charge in [-0.25, -0.2) is 9.18 Å². The lowest BCUT2D eigenvalue weighted by Crippen LogP contribution is -2.35. The Morgan fingerprint density at radius 1 is 1.14 bits per heavy atom. The fourth-order valence-corrected chi connectivity index (χ4v) is 5.17. The van der Waals surface area contributed by atoms with Gasteiger partial charge in [0.2, 0.25) is 5.91 Å². The molecule has 0 unspecified atom stereocenters. The predicted octanol–water partition coefficient (Wildman–Crippen LogP) is 6.25. The summed E-state index contributed by atoms with van der Waals surface area (Å²) in [6.45, 7) is -0.0389. The number of aromatic nitrogens is 1. The lowest BCUT2D eigenvalue weighted by Gasteiger charge is -2.30. The molecule has 5 rings (SSSR count). The Kier molecular flexibility index (Phi) is 6.27. The minimum absolute atomic E-state index is 0.0389. The van der Waals surface area contributed by atoms with Crippen LogP contribution in [-0.4, -0.2) is 29.8 Å². The molecule has 1 aromatic heterocycles. The highest BCUT2D eigenvalue weighted by Crippen LogP contribution is 2.39. The molecule has 1 aliphatic heterocycles. The minimum atomic E-state index is -0.518. The number of hydrogen-bond donors (Lipinski definition) is 3. The van der Waals surface area contributed by atoms with Crippen molar-refractivity contribution in [2.45, 2.75) is 11.4 Å². The smallest absolute Gasteiger partial charge is 0.323 e. The van der Waals surface area contributed by atoms with Crippen LogP contribution in [0.1, 0.15) is 5.56 Å². The number of nitrogens with zero attached hydrogens (tertiary/aromatic N) is 1. The molecule has 10 heteroatoms. The van der Waals surface area contributed by atoms with Crippen LogP contribution in [0.4, 0.5) is 26.2 Å². The van der Waals surface area contributed by atoms with E-state index in [-0.39, 0.29) is 28.8 Å². The normalized spacial score (nSPS) is 13.0. The number of carbonyl (C=O) groups excluding carboxylic acids is 2. The number of rotatable bonds is 5. The molecule has 0 spiro atoms. The quantitative estimate of drug-likeness (QED) is 0.296. The number of thioether (sulfide) groups is 1. The predicted molar refractivity (Wildman–Crippen MR) is 137 cm³/mol. The Morgan fingerprint density at radius 2 is 1.91 bits per heavy atom. The van der Waals surface area contributed by atoms with Crippen LogP contribution in [0.15, 0.2) is 65.7 Å². The molecule has 3 N–H and O–H groups in total. The summed E-state index contributed by atoms with van der Waals surface area (Å²) in [7, 11) is 1.45. The highest BCUT2D eigenvalue weighted by atomic mass is 35.5. The van der Waals surface area contributed by atoms with E-state index in [0.717, 1.165) is 15.8 Å². The van der Waals surface area contributed by atoms with Crippen LogP contribution < -0.4 is 20.3 Å². The van der Waals surface area contributed by atoms with E-state index in [1.165, 1.54) is 35.9 Å². The standard InChI is InChI=1S/C25H20ClFN4O3S/c1-34-21-7-5-18(27)17(24(21)26)12-31-20-6-4-16(11-22(20)35-13-23(31)32)30-25(33)29-15-3-2-14-8-9-28-19(14)10-15/h2-11,28H,12-13H2,1H3,(H2,29,30,33). The second kappa shape index (κ2) is 9.52. The van der Waals surface area contributed by atoms with Crippen molar-refractivity contribution >= 4 is 63.3 Å². The molecule has 3 amide bonds. The lowest BCUT2D eigenvalue weighted by atomic mass is 10.1. The van der Waals surface area contributed by atoms with E-state index in [2.05, 4.69) is 15.6 Å². The highest BCUT2D eigenvalue weighted by Gasteiger charge is 2.27. The maximum Gasteiger partial charge on any atom is 0.323 e. The first kappa shape index (κ1) is 23.1. The average Bonchev–Trinajstić information content (AvgIpc) is 3.31. The Hall–Kier alpha value is -3.69. The van der Waals surface area contributed by atoms with Crippen molar-refractivity contribution in [1.29, 1.82) is 0 Å². The fraction of sp³-hybridized carbons (Fsp3) is 0.120. The van der Waals surface area contributed by atoms with Crippen molar-refractivity contribution in [1.82, 2.24) is 4.98 Å². The molecule has 0 saturated heterocycles. The second-order valence-corrected chi connectivity index (χ2v) is 9.25. The zero-order chi connectivity index (χ0) is 24.5. The van der Waals surface area contributed by atoms with Crippen LogP contribution in [0.3, 0.4) is 0 Å². The van der Waals surface area contributed by atoms with Gasteiger partial charge in [0.1, 0.15) is 11.6 Å². The molecule has 3 aromatic carbocycles. The summed E-state index contributed by atoms with van der Waals surface area (Å²) in [5, 5.41) is 6.82. The summed E-state index contributed by atoms with van der Waals surface area (Å²) in [5.41, 5.74) is 2.93. The van der Waals surface area contributed by atoms with Crippen LogP contribution in [0.5, 0.6) is 5.75 Å². The van der Waals surface area contributed by atoms with Crippen molar-refractivity contribution in [3.63, 3.8) is 0 Å². The largest absolute Gasteiger partial charge is 0.495 e. The number of methoxy groups -OCH3 is 1. The topological polar surface area (TPSA) is 86.5 Å². The van der Waals surface area contributed by atoms with E-state index in [0.29, 0.717) is 22.8 Å². The number of nitrogens with one attached hydrogen (secondary N) is 3. The van der Waals surface area contributed by atoms with Crippen LogP contribution >= 0.6 is 23.4 Å². The Morgan fingerprint density at radius 3 is 2.71 bits per heavy atom. The number of aromatic amines is 1. The Bertz CT molecular complexity index is 1460.